The summed E-state index contributed by atoms with van der Waals surface area (Å²) in [5.74, 6) is -1.85. The van der Waals surface area contributed by atoms with Gasteiger partial charge in [0.05, 0.1) is 0 Å². The van der Waals surface area contributed by atoms with E-state index in [1.54, 1.807) is 4.90 Å². The number of benzene rings is 1. The molecule has 0 bridgehead atoms. The first-order valence-electron chi connectivity index (χ1n) is 9.56. The van der Waals surface area contributed by atoms with Crippen LogP contribution in [-0.4, -0.2) is 46.9 Å². The summed E-state index contributed by atoms with van der Waals surface area (Å²) in [5.41, 5.74) is 1.06. The van der Waals surface area contributed by atoms with Crippen molar-refractivity contribution in [2.45, 2.75) is 52.5 Å². The molecule has 1 fully saturated rings. The van der Waals surface area contributed by atoms with Gasteiger partial charge >= 0.3 is 5.97 Å². The maximum atomic E-state index is 13.1. The van der Waals surface area contributed by atoms with Gasteiger partial charge in [0.2, 0.25) is 11.8 Å². The van der Waals surface area contributed by atoms with E-state index < -0.39 is 24.3 Å². The van der Waals surface area contributed by atoms with Crippen LogP contribution >= 0.6 is 11.6 Å². The van der Waals surface area contributed by atoms with Crippen molar-refractivity contribution in [2.75, 3.05) is 13.1 Å². The first-order valence-corrected chi connectivity index (χ1v) is 9.94. The third-order valence-electron chi connectivity index (χ3n) is 5.37. The van der Waals surface area contributed by atoms with Crippen molar-refractivity contribution in [3.63, 3.8) is 0 Å². The molecule has 2 rings (SSSR count). The zero-order chi connectivity index (χ0) is 21.1. The van der Waals surface area contributed by atoms with Crippen LogP contribution < -0.4 is 5.32 Å². The highest BCUT2D eigenvalue weighted by atomic mass is 35.5. The van der Waals surface area contributed by atoms with Gasteiger partial charge in [-0.1, -0.05) is 51.4 Å². The van der Waals surface area contributed by atoms with Gasteiger partial charge in [0.1, 0.15) is 12.5 Å². The van der Waals surface area contributed by atoms with Crippen molar-refractivity contribution in [1.29, 1.82) is 0 Å². The van der Waals surface area contributed by atoms with Crippen molar-refractivity contribution in [2.24, 2.45) is 11.3 Å². The Morgan fingerprint density at radius 2 is 1.86 bits per heavy atom. The molecule has 7 heteroatoms. The minimum absolute atomic E-state index is 0.137. The fraction of sp³-hybridized carbons (Fsp3) is 0.571. The number of carboxylic acid groups (broad SMARTS) is 1. The number of rotatable bonds is 6. The van der Waals surface area contributed by atoms with Gasteiger partial charge in [-0.25, -0.2) is 0 Å². The smallest absolute Gasteiger partial charge is 0.312 e. The van der Waals surface area contributed by atoms with Crippen molar-refractivity contribution in [3.05, 3.63) is 34.9 Å². The van der Waals surface area contributed by atoms with Crippen LogP contribution in [-0.2, 0) is 14.4 Å². The van der Waals surface area contributed by atoms with Crippen molar-refractivity contribution in [3.8, 4) is 0 Å². The molecule has 0 saturated carbocycles. The van der Waals surface area contributed by atoms with Crippen molar-refractivity contribution >= 4 is 29.4 Å². The molecule has 2 atom stereocenters. The summed E-state index contributed by atoms with van der Waals surface area (Å²) < 4.78 is 0. The molecule has 1 saturated heterocycles. The van der Waals surface area contributed by atoms with Gasteiger partial charge in [-0.05, 0) is 41.4 Å². The average Bonchev–Trinajstić information content (AvgIpc) is 2.58. The summed E-state index contributed by atoms with van der Waals surface area (Å²) in [6.07, 6.45) is 0.175. The molecule has 1 unspecified atom stereocenters. The molecule has 154 valence electrons. The third kappa shape index (κ3) is 5.47. The van der Waals surface area contributed by atoms with E-state index in [0.29, 0.717) is 24.0 Å². The zero-order valence-corrected chi connectivity index (χ0v) is 17.6. The molecule has 1 aromatic rings. The highest BCUT2D eigenvalue weighted by molar-refractivity contribution is 6.30. The maximum Gasteiger partial charge on any atom is 0.312 e. The zero-order valence-electron chi connectivity index (χ0n) is 16.9. The van der Waals surface area contributed by atoms with Gasteiger partial charge < -0.3 is 15.3 Å². The molecule has 1 aromatic carbocycles. The largest absolute Gasteiger partial charge is 0.481 e. The van der Waals surface area contributed by atoms with Gasteiger partial charge in [-0.2, -0.15) is 0 Å². The Labute approximate surface area is 171 Å². The minimum Gasteiger partial charge on any atom is -0.481 e. The quantitative estimate of drug-likeness (QED) is 0.707. The van der Waals surface area contributed by atoms with E-state index in [-0.39, 0.29) is 17.2 Å². The number of amides is 2. The Kier molecular flexibility index (Phi) is 7.10. The summed E-state index contributed by atoms with van der Waals surface area (Å²) in [7, 11) is 0. The highest BCUT2D eigenvalue weighted by Gasteiger charge is 2.40. The molecule has 0 aromatic heterocycles. The maximum absolute atomic E-state index is 13.1. The number of carbonyl (C=O) groups excluding carboxylic acids is 2. The number of carbonyl (C=O) groups is 3. The van der Waals surface area contributed by atoms with Crippen LogP contribution in [0.1, 0.15) is 52.0 Å². The average molecular weight is 409 g/mol. The molecule has 0 aliphatic carbocycles. The minimum atomic E-state index is -1.21. The fourth-order valence-electron chi connectivity index (χ4n) is 3.93. The molecule has 1 aliphatic rings. The number of hydrogen-bond acceptors (Lipinski definition) is 3. The molecule has 28 heavy (non-hydrogen) atoms. The van der Waals surface area contributed by atoms with E-state index >= 15 is 0 Å². The van der Waals surface area contributed by atoms with Crippen LogP contribution in [0.25, 0.3) is 0 Å². The lowest BCUT2D eigenvalue weighted by Crippen LogP contribution is -2.56. The van der Waals surface area contributed by atoms with E-state index in [0.717, 1.165) is 6.42 Å². The Hall–Kier alpha value is -2.08. The molecular formula is C21H29ClN2O4. The van der Waals surface area contributed by atoms with E-state index in [9.17, 15) is 14.4 Å². The Morgan fingerprint density at radius 3 is 2.36 bits per heavy atom. The molecule has 2 amide bonds. The number of nitrogens with one attached hydrogen (secondary N) is 1. The van der Waals surface area contributed by atoms with Crippen molar-refractivity contribution < 1.29 is 19.5 Å². The second-order valence-corrected chi connectivity index (χ2v) is 8.94. The van der Waals surface area contributed by atoms with E-state index in [1.165, 1.54) is 5.56 Å². The fourth-order valence-corrected chi connectivity index (χ4v) is 4.06. The summed E-state index contributed by atoms with van der Waals surface area (Å²) >= 11 is 6.00. The molecule has 1 aliphatic heterocycles. The second-order valence-electron chi connectivity index (χ2n) is 8.50. The van der Waals surface area contributed by atoms with Crippen LogP contribution in [0.3, 0.4) is 0 Å². The molecule has 2 N–H and O–H groups in total. The summed E-state index contributed by atoms with van der Waals surface area (Å²) in [6.45, 7) is 9.12. The molecule has 6 nitrogen and oxygen atoms in total. The Morgan fingerprint density at radius 1 is 1.25 bits per heavy atom. The van der Waals surface area contributed by atoms with Crippen LogP contribution in [0, 0.1) is 11.3 Å². The number of likely N-dealkylation sites (tertiary alicyclic amines) is 1. The van der Waals surface area contributed by atoms with Gasteiger partial charge in [-0.3, -0.25) is 14.4 Å². The first-order chi connectivity index (χ1) is 13.0. The monoisotopic (exact) mass is 408 g/mol. The van der Waals surface area contributed by atoms with Gasteiger partial charge in [0.15, 0.2) is 0 Å². The number of aliphatic carboxylic acids is 1. The first kappa shape index (κ1) is 22.2. The molecular weight excluding hydrogens is 380 g/mol. The number of nitrogens with zero attached hydrogens (tertiary/aromatic N) is 1. The highest BCUT2D eigenvalue weighted by Crippen LogP contribution is 2.42. The van der Waals surface area contributed by atoms with Gasteiger partial charge in [0, 0.05) is 18.1 Å². The van der Waals surface area contributed by atoms with Crippen LogP contribution in [0.4, 0.5) is 0 Å². The standard InChI is InChI=1S/C21H29ClN2O4/c1-13(2)19(23-17(25)11-18(26)27)20(28)24-10-9-16(21(3,4)12-24)14-5-7-15(22)8-6-14/h5-8,13,16,19H,9-12H2,1-4H3,(H,23,25)(H,26,27)/t16?,19-/m1/s1. The lowest BCUT2D eigenvalue weighted by atomic mass is 9.70. The predicted molar refractivity (Wildman–Crippen MR) is 108 cm³/mol. The summed E-state index contributed by atoms with van der Waals surface area (Å²) in [6, 6.07) is 7.12. The van der Waals surface area contributed by atoms with Crippen molar-refractivity contribution in [1.82, 2.24) is 10.2 Å². The van der Waals surface area contributed by atoms with E-state index in [4.69, 9.17) is 16.7 Å². The van der Waals surface area contributed by atoms with Gasteiger partial charge in [-0.15, -0.1) is 0 Å². The normalized spacial score (nSPS) is 19.9. The van der Waals surface area contributed by atoms with Crippen LogP contribution in [0.15, 0.2) is 24.3 Å². The van der Waals surface area contributed by atoms with E-state index in [1.807, 2.05) is 38.1 Å². The lowest BCUT2D eigenvalue weighted by Gasteiger charge is -2.45. The van der Waals surface area contributed by atoms with Gasteiger partial charge in [0.25, 0.3) is 0 Å². The summed E-state index contributed by atoms with van der Waals surface area (Å²) in [4.78, 5) is 37.5. The number of hydrogen-bond donors (Lipinski definition) is 2. The number of halogens is 1. The van der Waals surface area contributed by atoms with Crippen LogP contribution in [0.5, 0.6) is 0 Å². The predicted octanol–water partition coefficient (Wildman–Crippen LogP) is 3.30. The molecule has 0 radical (unpaired) electrons. The number of carboxylic acids is 1. The molecule has 1 heterocycles. The number of piperidine rings is 1. The van der Waals surface area contributed by atoms with Crippen LogP contribution in [0.2, 0.25) is 5.02 Å². The SMILES string of the molecule is CC(C)[C@@H](NC(=O)CC(=O)O)C(=O)N1CCC(c2ccc(Cl)cc2)C(C)(C)C1. The Bertz CT molecular complexity index is 730. The van der Waals surface area contributed by atoms with E-state index in [2.05, 4.69) is 19.2 Å². The second kappa shape index (κ2) is 8.95. The Balaban J connectivity index is 2.11. The summed E-state index contributed by atoms with van der Waals surface area (Å²) in [5, 5.41) is 12.1. The topological polar surface area (TPSA) is 86.7 Å². The molecule has 0 spiro atoms. The lowest BCUT2D eigenvalue weighted by molar-refractivity contribution is -0.144. The third-order valence-corrected chi connectivity index (χ3v) is 5.63.